The van der Waals surface area contributed by atoms with Crippen LogP contribution in [0.4, 0.5) is 0 Å². The fourth-order valence-corrected chi connectivity index (χ4v) is 5.51. The molecule has 3 aromatic heterocycles. The van der Waals surface area contributed by atoms with E-state index >= 15 is 0 Å². The molecule has 0 bridgehead atoms. The van der Waals surface area contributed by atoms with E-state index in [1.54, 1.807) is 18.2 Å². The quantitative estimate of drug-likeness (QED) is 0.182. The number of thiophene rings is 1. The first-order chi connectivity index (χ1) is 20.1. The van der Waals surface area contributed by atoms with Crippen LogP contribution in [-0.2, 0) is 21.1 Å². The van der Waals surface area contributed by atoms with Crippen molar-refractivity contribution < 1.29 is 28.9 Å². The molecule has 1 N–H and O–H groups in total. The predicted octanol–water partition coefficient (Wildman–Crippen LogP) is 8.65. The molecule has 6 heteroatoms. The fraction of sp³-hybridized carbons (Fsp3) is 0. The smallest absolute Gasteiger partial charge is 0.148 e. The number of benzene rings is 4. The summed E-state index contributed by atoms with van der Waals surface area (Å²) in [6.45, 7) is 0. The summed E-state index contributed by atoms with van der Waals surface area (Å²) >= 11 is 1.54. The van der Waals surface area contributed by atoms with Gasteiger partial charge < -0.3 is 5.11 Å². The van der Waals surface area contributed by atoms with Crippen LogP contribution < -0.4 is 0 Å². The zero-order valence-electron chi connectivity index (χ0n) is 23.0. The number of imidazole rings is 1. The topological polar surface area (TPSA) is 50.9 Å². The third kappa shape index (κ3) is 4.68. The molecule has 7 aromatic rings. The fourth-order valence-electron chi connectivity index (χ4n) is 4.81. The standard InChI is InChI=1S/C34H22N3OS.Pt/c38-31-16-5-4-13-28(31)34-36-33-27(14-7-15-30(33)37(34)26-11-2-1-3-12-26)23-9-6-10-24(21-23)29-22-25(18-19-35-29)32-17-8-20-39-32;/h1-20,22,38H;/q-1;/i19D,22D;. The van der Waals surface area contributed by atoms with E-state index in [1.807, 2.05) is 96.4 Å². The van der Waals surface area contributed by atoms with Crippen molar-refractivity contribution in [2.24, 2.45) is 0 Å². The molecule has 0 amide bonds. The number of para-hydroxylation sites is 3. The SMILES string of the molecule is [2H]c1cc(-c2cccs2)c([2H])c(-c2[c-]c(-c3cccc4c3nc(-c3ccccc3O)n4-c3ccccc3)ccc2)n1.[Pt]. The molecule has 0 fully saturated rings. The number of hydrogen-bond acceptors (Lipinski definition) is 4. The Morgan fingerprint density at radius 2 is 1.55 bits per heavy atom. The van der Waals surface area contributed by atoms with Gasteiger partial charge >= 0.3 is 0 Å². The summed E-state index contributed by atoms with van der Waals surface area (Å²) in [5.41, 5.74) is 6.61. The Hall–Kier alpha value is -4.31. The third-order valence-corrected chi connectivity index (χ3v) is 7.51. The largest absolute Gasteiger partial charge is 0.507 e. The number of nitrogens with zero attached hydrogens (tertiary/aromatic N) is 3. The zero-order valence-corrected chi connectivity index (χ0v) is 24.1. The summed E-state index contributed by atoms with van der Waals surface area (Å²) in [5, 5.41) is 12.7. The molecular formula is C34H22N3OPtS-. The van der Waals surface area contributed by atoms with Gasteiger partial charge in [0.2, 0.25) is 0 Å². The molecule has 0 saturated carbocycles. The van der Waals surface area contributed by atoms with Gasteiger partial charge in [-0.3, -0.25) is 9.55 Å². The number of fused-ring (bicyclic) bond motifs is 1. The first-order valence-electron chi connectivity index (χ1n) is 13.5. The van der Waals surface area contributed by atoms with E-state index in [-0.39, 0.29) is 39.0 Å². The predicted molar refractivity (Wildman–Crippen MR) is 159 cm³/mol. The van der Waals surface area contributed by atoms with Crippen LogP contribution in [0.1, 0.15) is 2.74 Å². The van der Waals surface area contributed by atoms with Gasteiger partial charge in [0.15, 0.2) is 0 Å². The molecule has 0 aliphatic heterocycles. The number of aromatic hydroxyl groups is 1. The summed E-state index contributed by atoms with van der Waals surface area (Å²) in [7, 11) is 0. The van der Waals surface area contributed by atoms with Crippen molar-refractivity contribution in [1.29, 1.82) is 0 Å². The second-order valence-electron chi connectivity index (χ2n) is 9.02. The molecule has 0 aliphatic rings. The van der Waals surface area contributed by atoms with Gasteiger partial charge in [-0.25, -0.2) is 4.98 Å². The van der Waals surface area contributed by atoms with Crippen molar-refractivity contribution in [2.75, 3.05) is 0 Å². The van der Waals surface area contributed by atoms with E-state index in [0.717, 1.165) is 32.7 Å². The molecule has 0 aliphatic carbocycles. The number of pyridine rings is 1. The molecule has 4 aromatic carbocycles. The van der Waals surface area contributed by atoms with Crippen LogP contribution >= 0.6 is 11.3 Å². The molecule has 3 heterocycles. The maximum Gasteiger partial charge on any atom is 0.148 e. The van der Waals surface area contributed by atoms with Gasteiger partial charge in [-0.05, 0) is 53.4 Å². The van der Waals surface area contributed by atoms with E-state index in [1.165, 1.54) is 11.3 Å². The molecule has 0 radical (unpaired) electrons. The van der Waals surface area contributed by atoms with Gasteiger partial charge in [-0.1, -0.05) is 65.7 Å². The number of hydrogen-bond donors (Lipinski definition) is 1. The molecular weight excluding hydrogens is 694 g/mol. The van der Waals surface area contributed by atoms with Crippen molar-refractivity contribution in [1.82, 2.24) is 14.5 Å². The number of rotatable bonds is 5. The molecule has 0 spiro atoms. The number of phenolic OH excluding ortho intramolecular Hbond substituents is 1. The van der Waals surface area contributed by atoms with E-state index in [4.69, 9.17) is 7.73 Å². The maximum absolute atomic E-state index is 10.7. The first-order valence-corrected chi connectivity index (χ1v) is 13.4. The van der Waals surface area contributed by atoms with Gasteiger partial charge in [0, 0.05) is 43.5 Å². The Labute approximate surface area is 253 Å². The van der Waals surface area contributed by atoms with Crippen LogP contribution in [-0.4, -0.2) is 19.6 Å². The average molecular weight is 718 g/mol. The van der Waals surface area contributed by atoms with Crippen molar-refractivity contribution in [2.45, 2.75) is 0 Å². The number of aromatic nitrogens is 3. The van der Waals surface area contributed by atoms with Gasteiger partial charge in [-0.15, -0.1) is 41.2 Å². The summed E-state index contributed by atoms with van der Waals surface area (Å²) < 4.78 is 19.3. The van der Waals surface area contributed by atoms with Gasteiger partial charge in [-0.2, -0.15) is 0 Å². The Morgan fingerprint density at radius 3 is 2.38 bits per heavy atom. The Balaban J connectivity index is 0.00000316. The minimum Gasteiger partial charge on any atom is -0.507 e. The van der Waals surface area contributed by atoms with Gasteiger partial charge in [0.1, 0.15) is 11.6 Å². The summed E-state index contributed by atoms with van der Waals surface area (Å²) in [6, 6.07) is 38.2. The van der Waals surface area contributed by atoms with Gasteiger partial charge in [0.25, 0.3) is 0 Å². The monoisotopic (exact) mass is 717 g/mol. The number of phenols is 1. The molecule has 40 heavy (non-hydrogen) atoms. The first kappa shape index (κ1) is 23.6. The van der Waals surface area contributed by atoms with Gasteiger partial charge in [0.05, 0.1) is 19.3 Å². The van der Waals surface area contributed by atoms with Crippen LogP contribution in [0.5, 0.6) is 5.75 Å². The van der Waals surface area contributed by atoms with Crippen LogP contribution in [0.2, 0.25) is 0 Å². The average Bonchev–Trinajstić information content (AvgIpc) is 3.67. The van der Waals surface area contributed by atoms with E-state index in [0.29, 0.717) is 28.2 Å². The minimum absolute atomic E-state index is 0. The summed E-state index contributed by atoms with van der Waals surface area (Å²) in [6.07, 6.45) is 0.106. The normalized spacial score (nSPS) is 11.6. The van der Waals surface area contributed by atoms with Crippen molar-refractivity contribution in [3.05, 3.63) is 133 Å². The van der Waals surface area contributed by atoms with Crippen LogP contribution in [0.25, 0.3) is 60.9 Å². The van der Waals surface area contributed by atoms with E-state index in [2.05, 4.69) is 15.6 Å². The van der Waals surface area contributed by atoms with Crippen molar-refractivity contribution in [3.63, 3.8) is 0 Å². The second kappa shape index (κ2) is 11.1. The van der Waals surface area contributed by atoms with E-state index in [9.17, 15) is 5.11 Å². The molecule has 0 unspecified atom stereocenters. The van der Waals surface area contributed by atoms with Crippen molar-refractivity contribution in [3.8, 4) is 55.6 Å². The van der Waals surface area contributed by atoms with Crippen molar-refractivity contribution >= 4 is 22.4 Å². The van der Waals surface area contributed by atoms with Crippen LogP contribution in [0.15, 0.2) is 127 Å². The molecule has 7 rings (SSSR count). The maximum atomic E-state index is 10.7. The van der Waals surface area contributed by atoms with Crippen LogP contribution in [0, 0.1) is 6.07 Å². The molecule has 4 nitrogen and oxygen atoms in total. The zero-order chi connectivity index (χ0) is 27.9. The Morgan fingerprint density at radius 1 is 0.775 bits per heavy atom. The third-order valence-electron chi connectivity index (χ3n) is 6.61. The minimum atomic E-state index is 0. The molecule has 0 saturated heterocycles. The molecule has 0 atom stereocenters. The summed E-state index contributed by atoms with van der Waals surface area (Å²) in [4.78, 5) is 10.4. The molecule has 196 valence electrons. The van der Waals surface area contributed by atoms with Crippen LogP contribution in [0.3, 0.4) is 0 Å². The Bertz CT molecular complexity index is 2040. The van der Waals surface area contributed by atoms with E-state index < -0.39 is 0 Å². The summed E-state index contributed by atoms with van der Waals surface area (Å²) in [5.74, 6) is 0.784. The Kier molecular flexibility index (Phi) is 6.51. The second-order valence-corrected chi connectivity index (χ2v) is 9.97.